The molecule has 20 heavy (non-hydrogen) atoms. The van der Waals surface area contributed by atoms with E-state index in [0.717, 1.165) is 30.7 Å². The summed E-state index contributed by atoms with van der Waals surface area (Å²) in [5, 5.41) is 2.92. The zero-order valence-corrected chi connectivity index (χ0v) is 12.0. The highest BCUT2D eigenvalue weighted by Gasteiger charge is 2.12. The summed E-state index contributed by atoms with van der Waals surface area (Å²) in [7, 11) is 0. The van der Waals surface area contributed by atoms with Crippen molar-refractivity contribution in [2.24, 2.45) is 0 Å². The smallest absolute Gasteiger partial charge is 0.254 e. The van der Waals surface area contributed by atoms with E-state index < -0.39 is 0 Å². The number of pyridine rings is 1. The molecule has 0 spiro atoms. The van der Waals surface area contributed by atoms with Gasteiger partial charge in [0.1, 0.15) is 11.5 Å². The summed E-state index contributed by atoms with van der Waals surface area (Å²) in [6, 6.07) is 7.71. The highest BCUT2D eigenvalue weighted by Crippen LogP contribution is 2.13. The Bertz CT molecular complexity index is 561. The Morgan fingerprint density at radius 1 is 1.30 bits per heavy atom. The van der Waals surface area contributed by atoms with Crippen LogP contribution in [0.5, 0.6) is 0 Å². The van der Waals surface area contributed by atoms with Gasteiger partial charge in [-0.05, 0) is 51.3 Å². The van der Waals surface area contributed by atoms with Gasteiger partial charge in [-0.2, -0.15) is 0 Å². The summed E-state index contributed by atoms with van der Waals surface area (Å²) in [6.07, 6.45) is 4.71. The van der Waals surface area contributed by atoms with Crippen molar-refractivity contribution in [3.8, 4) is 0 Å². The van der Waals surface area contributed by atoms with Gasteiger partial charge >= 0.3 is 0 Å². The molecule has 0 saturated carbocycles. The number of hydrogen-bond acceptors (Lipinski definition) is 3. The average molecular weight is 272 g/mol. The van der Waals surface area contributed by atoms with Crippen LogP contribution in [0.15, 0.2) is 34.9 Å². The molecule has 1 amide bonds. The van der Waals surface area contributed by atoms with Gasteiger partial charge in [0.2, 0.25) is 0 Å². The van der Waals surface area contributed by atoms with Crippen molar-refractivity contribution in [1.82, 2.24) is 10.3 Å². The van der Waals surface area contributed by atoms with E-state index in [0.29, 0.717) is 17.9 Å². The van der Waals surface area contributed by atoms with E-state index >= 15 is 0 Å². The van der Waals surface area contributed by atoms with Crippen LogP contribution in [0.4, 0.5) is 0 Å². The van der Waals surface area contributed by atoms with E-state index in [4.69, 9.17) is 4.42 Å². The third kappa shape index (κ3) is 3.95. The van der Waals surface area contributed by atoms with Gasteiger partial charge in [-0.25, -0.2) is 0 Å². The fourth-order valence-electron chi connectivity index (χ4n) is 2.13. The van der Waals surface area contributed by atoms with Gasteiger partial charge in [0.05, 0.1) is 5.56 Å². The number of carbonyl (C=O) groups excluding carboxylic acids is 1. The molecule has 2 heterocycles. The number of aromatic nitrogens is 1. The fourth-order valence-corrected chi connectivity index (χ4v) is 2.13. The van der Waals surface area contributed by atoms with Crippen molar-refractivity contribution in [1.29, 1.82) is 0 Å². The predicted molar refractivity (Wildman–Crippen MR) is 77.7 cm³/mol. The van der Waals surface area contributed by atoms with E-state index in [-0.39, 0.29) is 5.91 Å². The summed E-state index contributed by atoms with van der Waals surface area (Å²) >= 11 is 0. The zero-order valence-electron chi connectivity index (χ0n) is 12.0. The Labute approximate surface area is 119 Å². The lowest BCUT2D eigenvalue weighted by atomic mass is 10.1. The first-order valence-electron chi connectivity index (χ1n) is 6.92. The van der Waals surface area contributed by atoms with Crippen LogP contribution in [0.3, 0.4) is 0 Å². The first-order chi connectivity index (χ1) is 9.66. The number of furan rings is 1. The highest BCUT2D eigenvalue weighted by atomic mass is 16.3. The quantitative estimate of drug-likeness (QED) is 0.822. The van der Waals surface area contributed by atoms with Crippen LogP contribution in [0.25, 0.3) is 0 Å². The van der Waals surface area contributed by atoms with Crippen molar-refractivity contribution < 1.29 is 9.21 Å². The maximum atomic E-state index is 11.9. The van der Waals surface area contributed by atoms with Crippen LogP contribution in [0.2, 0.25) is 0 Å². The minimum atomic E-state index is -0.0582. The van der Waals surface area contributed by atoms with Crippen LogP contribution in [0.1, 0.15) is 40.4 Å². The first-order valence-corrected chi connectivity index (χ1v) is 6.92. The fraction of sp³-hybridized carbons (Fsp3) is 0.375. The molecule has 0 aliphatic heterocycles. The second kappa shape index (κ2) is 6.89. The molecule has 106 valence electrons. The summed E-state index contributed by atoms with van der Waals surface area (Å²) < 4.78 is 5.35. The molecule has 0 saturated heterocycles. The van der Waals surface area contributed by atoms with E-state index in [1.807, 2.05) is 32.0 Å². The number of carbonyl (C=O) groups is 1. The monoisotopic (exact) mass is 272 g/mol. The molecule has 4 nitrogen and oxygen atoms in total. The standard InChI is InChI=1S/C16H20N2O2/c1-12-11-15(13(2)20-12)16(19)18-10-6-4-8-14-7-3-5-9-17-14/h3,5,7,9,11H,4,6,8,10H2,1-2H3,(H,18,19). The van der Waals surface area contributed by atoms with Crippen LogP contribution in [-0.4, -0.2) is 17.4 Å². The Kier molecular flexibility index (Phi) is 4.93. The molecule has 0 unspecified atom stereocenters. The molecular weight excluding hydrogens is 252 g/mol. The number of unbranched alkanes of at least 4 members (excludes halogenated alkanes) is 1. The van der Waals surface area contributed by atoms with Crippen molar-refractivity contribution >= 4 is 5.91 Å². The van der Waals surface area contributed by atoms with Crippen molar-refractivity contribution in [2.75, 3.05) is 6.54 Å². The molecule has 0 atom stereocenters. The maximum absolute atomic E-state index is 11.9. The molecule has 0 bridgehead atoms. The Hall–Kier alpha value is -2.10. The van der Waals surface area contributed by atoms with Crippen LogP contribution in [0, 0.1) is 13.8 Å². The Morgan fingerprint density at radius 3 is 2.80 bits per heavy atom. The summed E-state index contributed by atoms with van der Waals surface area (Å²) in [4.78, 5) is 16.2. The molecule has 2 aromatic heterocycles. The lowest BCUT2D eigenvalue weighted by Crippen LogP contribution is -2.24. The number of amides is 1. The predicted octanol–water partition coefficient (Wildman–Crippen LogP) is 3.04. The van der Waals surface area contributed by atoms with E-state index in [1.54, 1.807) is 12.3 Å². The number of aryl methyl sites for hydroxylation is 3. The number of hydrogen-bond donors (Lipinski definition) is 1. The summed E-state index contributed by atoms with van der Waals surface area (Å²) in [5.41, 5.74) is 1.73. The van der Waals surface area contributed by atoms with E-state index in [1.165, 1.54) is 0 Å². The van der Waals surface area contributed by atoms with Crippen molar-refractivity contribution in [3.05, 3.63) is 53.2 Å². The zero-order chi connectivity index (χ0) is 14.4. The maximum Gasteiger partial charge on any atom is 0.254 e. The van der Waals surface area contributed by atoms with Crippen molar-refractivity contribution in [3.63, 3.8) is 0 Å². The Morgan fingerprint density at radius 2 is 2.15 bits per heavy atom. The molecule has 0 radical (unpaired) electrons. The first kappa shape index (κ1) is 14.3. The number of nitrogens with one attached hydrogen (secondary N) is 1. The Balaban J connectivity index is 1.68. The van der Waals surface area contributed by atoms with E-state index in [9.17, 15) is 4.79 Å². The summed E-state index contributed by atoms with van der Waals surface area (Å²) in [5.74, 6) is 1.38. The van der Waals surface area contributed by atoms with Crippen LogP contribution >= 0.6 is 0 Å². The lowest BCUT2D eigenvalue weighted by Gasteiger charge is -2.04. The van der Waals surface area contributed by atoms with Crippen LogP contribution in [-0.2, 0) is 6.42 Å². The van der Waals surface area contributed by atoms with Gasteiger partial charge in [0.25, 0.3) is 5.91 Å². The van der Waals surface area contributed by atoms with Gasteiger partial charge in [0, 0.05) is 18.4 Å². The molecule has 0 fully saturated rings. The van der Waals surface area contributed by atoms with Gasteiger partial charge in [-0.15, -0.1) is 0 Å². The molecule has 0 aliphatic carbocycles. The topological polar surface area (TPSA) is 55.1 Å². The molecule has 2 rings (SSSR count). The SMILES string of the molecule is Cc1cc(C(=O)NCCCCc2ccccn2)c(C)o1. The minimum absolute atomic E-state index is 0.0582. The van der Waals surface area contributed by atoms with E-state index in [2.05, 4.69) is 10.3 Å². The van der Waals surface area contributed by atoms with Crippen molar-refractivity contribution in [2.45, 2.75) is 33.1 Å². The molecular formula is C16H20N2O2. The molecule has 0 aromatic carbocycles. The number of rotatable bonds is 6. The largest absolute Gasteiger partial charge is 0.466 e. The molecule has 0 aliphatic rings. The molecule has 1 N–H and O–H groups in total. The normalized spacial score (nSPS) is 10.5. The third-order valence-corrected chi connectivity index (χ3v) is 3.16. The van der Waals surface area contributed by atoms with Gasteiger partial charge in [-0.1, -0.05) is 6.07 Å². The van der Waals surface area contributed by atoms with Gasteiger partial charge in [0.15, 0.2) is 0 Å². The van der Waals surface area contributed by atoms with Gasteiger partial charge < -0.3 is 9.73 Å². The second-order valence-electron chi connectivity index (χ2n) is 4.86. The third-order valence-electron chi connectivity index (χ3n) is 3.16. The highest BCUT2D eigenvalue weighted by molar-refractivity contribution is 5.95. The van der Waals surface area contributed by atoms with Crippen LogP contribution < -0.4 is 5.32 Å². The molecule has 2 aromatic rings. The lowest BCUT2D eigenvalue weighted by molar-refractivity contribution is 0.0951. The molecule has 4 heteroatoms. The number of nitrogens with zero attached hydrogens (tertiary/aromatic N) is 1. The minimum Gasteiger partial charge on any atom is -0.466 e. The second-order valence-corrected chi connectivity index (χ2v) is 4.86. The van der Waals surface area contributed by atoms with Gasteiger partial charge in [-0.3, -0.25) is 9.78 Å². The summed E-state index contributed by atoms with van der Waals surface area (Å²) in [6.45, 7) is 4.33. The average Bonchev–Trinajstić information content (AvgIpc) is 2.78.